The zero-order valence-corrected chi connectivity index (χ0v) is 14.7. The van der Waals surface area contributed by atoms with E-state index in [4.69, 9.17) is 5.73 Å². The summed E-state index contributed by atoms with van der Waals surface area (Å²) in [4.78, 5) is 11.5. The van der Waals surface area contributed by atoms with Crippen molar-refractivity contribution in [3.05, 3.63) is 56.3 Å². The van der Waals surface area contributed by atoms with Crippen molar-refractivity contribution in [2.75, 3.05) is 11.9 Å². The lowest BCUT2D eigenvalue weighted by molar-refractivity contribution is -0.384. The van der Waals surface area contributed by atoms with E-state index >= 15 is 0 Å². The Kier molecular flexibility index (Phi) is 5.93. The zero-order chi connectivity index (χ0) is 17.7. The lowest BCUT2D eigenvalue weighted by Crippen LogP contribution is -2.42. The first-order chi connectivity index (χ1) is 11.3. The molecule has 130 valence electrons. The Balaban J connectivity index is 1.89. The number of thiophene rings is 1. The molecule has 1 aromatic heterocycles. The van der Waals surface area contributed by atoms with E-state index in [0.29, 0.717) is 25.1 Å². The summed E-state index contributed by atoms with van der Waals surface area (Å²) < 4.78 is 0. The van der Waals surface area contributed by atoms with E-state index in [1.807, 2.05) is 24.4 Å². The van der Waals surface area contributed by atoms with Gasteiger partial charge in [-0.15, -0.1) is 11.3 Å². The van der Waals surface area contributed by atoms with Crippen molar-refractivity contribution >= 4 is 22.7 Å². The predicted molar refractivity (Wildman–Crippen MR) is 97.4 cm³/mol. The Morgan fingerprint density at radius 3 is 2.83 bits per heavy atom. The molecule has 0 saturated heterocycles. The summed E-state index contributed by atoms with van der Waals surface area (Å²) in [6.07, 6.45) is 1.31. The van der Waals surface area contributed by atoms with Gasteiger partial charge in [0.25, 0.3) is 5.69 Å². The van der Waals surface area contributed by atoms with E-state index in [1.54, 1.807) is 19.1 Å². The van der Waals surface area contributed by atoms with E-state index in [1.165, 1.54) is 17.4 Å². The van der Waals surface area contributed by atoms with Gasteiger partial charge in [0.1, 0.15) is 11.3 Å². The molecule has 0 amide bonds. The van der Waals surface area contributed by atoms with Crippen LogP contribution in [0.4, 0.5) is 11.4 Å². The highest BCUT2D eigenvalue weighted by molar-refractivity contribution is 7.10. The maximum Gasteiger partial charge on any atom is 0.292 e. The number of hydrogen-bond donors (Lipinski definition) is 3. The zero-order valence-electron chi connectivity index (χ0n) is 13.9. The Morgan fingerprint density at radius 1 is 1.46 bits per heavy atom. The fourth-order valence-electron chi connectivity index (χ4n) is 2.53. The monoisotopic (exact) mass is 349 g/mol. The molecule has 7 heteroatoms. The Hall–Kier alpha value is -1.96. The van der Waals surface area contributed by atoms with Crippen LogP contribution in [0.25, 0.3) is 0 Å². The number of aliphatic hydroxyl groups is 1. The quantitative estimate of drug-likeness (QED) is 0.385. The van der Waals surface area contributed by atoms with E-state index in [-0.39, 0.29) is 5.69 Å². The molecule has 2 atom stereocenters. The van der Waals surface area contributed by atoms with Crippen LogP contribution in [0.1, 0.15) is 30.2 Å². The van der Waals surface area contributed by atoms with E-state index in [0.717, 1.165) is 10.4 Å². The molecule has 0 bridgehead atoms. The molecule has 4 N–H and O–H groups in total. The number of nitrogens with zero attached hydrogens (tertiary/aromatic N) is 1. The molecule has 0 aliphatic rings. The molecule has 0 fully saturated rings. The molecule has 0 saturated carbocycles. The van der Waals surface area contributed by atoms with Crippen LogP contribution in [-0.4, -0.2) is 22.6 Å². The summed E-state index contributed by atoms with van der Waals surface area (Å²) in [7, 11) is 0. The van der Waals surface area contributed by atoms with Crippen LogP contribution in [0.3, 0.4) is 0 Å². The van der Waals surface area contributed by atoms with E-state index in [2.05, 4.69) is 5.32 Å². The number of aryl methyl sites for hydroxylation is 1. The third kappa shape index (κ3) is 4.31. The van der Waals surface area contributed by atoms with Crippen molar-refractivity contribution in [2.45, 2.75) is 38.3 Å². The fourth-order valence-corrected chi connectivity index (χ4v) is 3.38. The van der Waals surface area contributed by atoms with Gasteiger partial charge in [0.2, 0.25) is 0 Å². The highest BCUT2D eigenvalue weighted by Crippen LogP contribution is 2.30. The van der Waals surface area contributed by atoms with Gasteiger partial charge in [-0.25, -0.2) is 0 Å². The molecule has 2 rings (SSSR count). The van der Waals surface area contributed by atoms with Crippen molar-refractivity contribution in [3.8, 4) is 0 Å². The van der Waals surface area contributed by atoms with Gasteiger partial charge in [0.05, 0.1) is 4.92 Å². The first-order valence-corrected chi connectivity index (χ1v) is 8.71. The van der Waals surface area contributed by atoms with E-state index < -0.39 is 16.6 Å². The second-order valence-electron chi connectivity index (χ2n) is 6.08. The minimum Gasteiger partial charge on any atom is -0.383 e. The fraction of sp³-hybridized carbons (Fsp3) is 0.412. The summed E-state index contributed by atoms with van der Waals surface area (Å²) in [5, 5.41) is 26.7. The topological polar surface area (TPSA) is 101 Å². The van der Waals surface area contributed by atoms with Crippen molar-refractivity contribution in [1.29, 1.82) is 0 Å². The molecule has 0 aliphatic carbocycles. The van der Waals surface area contributed by atoms with Gasteiger partial charge in [-0.3, -0.25) is 10.1 Å². The third-order valence-corrected chi connectivity index (χ3v) is 5.19. The van der Waals surface area contributed by atoms with Crippen molar-refractivity contribution in [2.24, 2.45) is 5.73 Å². The van der Waals surface area contributed by atoms with Crippen LogP contribution in [-0.2, 0) is 5.60 Å². The summed E-state index contributed by atoms with van der Waals surface area (Å²) in [5.74, 6) is 0. The van der Waals surface area contributed by atoms with Gasteiger partial charge >= 0.3 is 0 Å². The minimum absolute atomic E-state index is 0.0653. The van der Waals surface area contributed by atoms with Gasteiger partial charge < -0.3 is 16.2 Å². The van der Waals surface area contributed by atoms with Crippen LogP contribution in [0, 0.1) is 17.0 Å². The summed E-state index contributed by atoms with van der Waals surface area (Å²) in [6, 6.07) is 8.35. The lowest BCUT2D eigenvalue weighted by atomic mass is 9.92. The average Bonchev–Trinajstić information content (AvgIpc) is 3.06. The van der Waals surface area contributed by atoms with Crippen molar-refractivity contribution in [1.82, 2.24) is 0 Å². The molecule has 2 aromatic rings. The van der Waals surface area contributed by atoms with Gasteiger partial charge in [-0.1, -0.05) is 12.1 Å². The standard InChI is InChI=1S/C17H23N3O3S/c1-12-7-8-14(20(22)23)13(11-12)19-9-3-5-15(18)17(2,21)16-6-4-10-24-16/h4,6-8,10-11,15,19,21H,3,5,9,18H2,1-2H3. The number of nitrogens with two attached hydrogens (primary N) is 1. The summed E-state index contributed by atoms with van der Waals surface area (Å²) >= 11 is 1.48. The highest BCUT2D eigenvalue weighted by Gasteiger charge is 2.31. The van der Waals surface area contributed by atoms with Gasteiger partial charge in [0, 0.05) is 23.5 Å². The van der Waals surface area contributed by atoms with E-state index in [9.17, 15) is 15.2 Å². The average molecular weight is 349 g/mol. The second-order valence-corrected chi connectivity index (χ2v) is 7.03. The van der Waals surface area contributed by atoms with Gasteiger partial charge in [0.15, 0.2) is 0 Å². The van der Waals surface area contributed by atoms with Crippen LogP contribution in [0.2, 0.25) is 0 Å². The van der Waals surface area contributed by atoms with Crippen molar-refractivity contribution < 1.29 is 10.0 Å². The molecule has 6 nitrogen and oxygen atoms in total. The molecule has 24 heavy (non-hydrogen) atoms. The normalized spacial score (nSPS) is 14.8. The summed E-state index contributed by atoms with van der Waals surface area (Å²) in [6.45, 7) is 4.17. The molecular weight excluding hydrogens is 326 g/mol. The number of nitrogens with one attached hydrogen (secondary N) is 1. The van der Waals surface area contributed by atoms with Crippen LogP contribution in [0.5, 0.6) is 0 Å². The molecular formula is C17H23N3O3S. The van der Waals surface area contributed by atoms with Gasteiger partial charge in [-0.2, -0.15) is 0 Å². The Bertz CT molecular complexity index is 686. The Labute approximate surface area is 145 Å². The largest absolute Gasteiger partial charge is 0.383 e. The maximum atomic E-state index is 11.1. The third-order valence-electron chi connectivity index (χ3n) is 4.10. The lowest BCUT2D eigenvalue weighted by Gasteiger charge is -2.29. The molecule has 0 aliphatic heterocycles. The molecule has 0 radical (unpaired) electrons. The number of nitro groups is 1. The number of benzene rings is 1. The van der Waals surface area contributed by atoms with Crippen LogP contribution < -0.4 is 11.1 Å². The minimum atomic E-state index is -1.07. The highest BCUT2D eigenvalue weighted by atomic mass is 32.1. The van der Waals surface area contributed by atoms with Crippen LogP contribution in [0.15, 0.2) is 35.7 Å². The molecule has 1 aromatic carbocycles. The predicted octanol–water partition coefficient (Wildman–Crippen LogP) is 3.39. The molecule has 0 spiro atoms. The van der Waals surface area contributed by atoms with Gasteiger partial charge in [-0.05, 0) is 49.8 Å². The SMILES string of the molecule is Cc1ccc([N+](=O)[O-])c(NCCCC(N)C(C)(O)c2cccs2)c1. The number of hydrogen-bond acceptors (Lipinski definition) is 6. The Morgan fingerprint density at radius 2 is 2.21 bits per heavy atom. The number of rotatable bonds is 8. The van der Waals surface area contributed by atoms with Crippen molar-refractivity contribution in [3.63, 3.8) is 0 Å². The first-order valence-electron chi connectivity index (χ1n) is 7.83. The molecule has 2 unspecified atom stereocenters. The smallest absolute Gasteiger partial charge is 0.292 e. The first kappa shape index (κ1) is 18.4. The van der Waals surface area contributed by atoms with Crippen LogP contribution >= 0.6 is 11.3 Å². The number of anilines is 1. The molecule has 1 heterocycles. The second kappa shape index (κ2) is 7.74. The summed E-state index contributed by atoms with van der Waals surface area (Å²) in [5.41, 5.74) is 6.62. The maximum absolute atomic E-state index is 11.1. The number of nitro benzene ring substituents is 1.